The Labute approximate surface area is 139 Å². The minimum absolute atomic E-state index is 0.0437. The van der Waals surface area contributed by atoms with Crippen molar-refractivity contribution in [3.63, 3.8) is 0 Å². The number of aromatic nitrogens is 2. The molecule has 24 heavy (non-hydrogen) atoms. The second-order valence-corrected chi connectivity index (χ2v) is 5.13. The number of methoxy groups -OCH3 is 1. The lowest BCUT2D eigenvalue weighted by molar-refractivity contribution is 0.122. The molecule has 1 fully saturated rings. The van der Waals surface area contributed by atoms with Crippen LogP contribution in [-0.2, 0) is 4.74 Å². The first kappa shape index (κ1) is 16.0. The molecule has 0 spiro atoms. The molecule has 2 heterocycles. The lowest BCUT2D eigenvalue weighted by Gasteiger charge is -2.27. The van der Waals surface area contributed by atoms with Gasteiger partial charge in [-0.25, -0.2) is 9.97 Å². The fourth-order valence-corrected chi connectivity index (χ4v) is 2.35. The molecule has 0 saturated carbocycles. The van der Waals surface area contributed by atoms with Gasteiger partial charge in [-0.05, 0) is 12.1 Å². The summed E-state index contributed by atoms with van der Waals surface area (Å²) in [5, 5.41) is 14.1. The van der Waals surface area contributed by atoms with Gasteiger partial charge in [0, 0.05) is 24.7 Å². The molecule has 0 unspecified atom stereocenters. The highest BCUT2D eigenvalue weighted by Crippen LogP contribution is 2.28. The molecule has 0 bridgehead atoms. The van der Waals surface area contributed by atoms with Crippen molar-refractivity contribution in [3.8, 4) is 11.5 Å². The van der Waals surface area contributed by atoms with Crippen molar-refractivity contribution in [1.29, 1.82) is 0 Å². The van der Waals surface area contributed by atoms with E-state index in [2.05, 4.69) is 25.4 Å². The summed E-state index contributed by atoms with van der Waals surface area (Å²) in [6, 6.07) is 7.02. The molecular weight excluding hydrogens is 310 g/mol. The summed E-state index contributed by atoms with van der Waals surface area (Å²) in [5.41, 5.74) is 3.39. The molecule has 2 aromatic rings. The first-order valence-corrected chi connectivity index (χ1v) is 7.57. The number of ether oxygens (including phenoxy) is 2. The average molecular weight is 329 g/mol. The number of rotatable bonds is 5. The SMILES string of the molecule is COc1cccc(/C=N\Nc2cc(N3CCOCC3)ncn2)c1O. The van der Waals surface area contributed by atoms with E-state index in [1.807, 2.05) is 6.07 Å². The number of morpholine rings is 1. The monoisotopic (exact) mass is 329 g/mol. The Bertz CT molecular complexity index is 717. The van der Waals surface area contributed by atoms with E-state index in [4.69, 9.17) is 9.47 Å². The topological polar surface area (TPSA) is 92.1 Å². The maximum absolute atomic E-state index is 10.0. The maximum Gasteiger partial charge on any atom is 0.166 e. The van der Waals surface area contributed by atoms with Crippen LogP contribution in [0.2, 0.25) is 0 Å². The molecule has 0 radical (unpaired) electrons. The van der Waals surface area contributed by atoms with Crippen LogP contribution in [0.4, 0.5) is 11.6 Å². The summed E-state index contributed by atoms with van der Waals surface area (Å²) < 4.78 is 10.4. The third kappa shape index (κ3) is 3.72. The Morgan fingerprint density at radius 2 is 2.17 bits per heavy atom. The van der Waals surface area contributed by atoms with E-state index in [1.54, 1.807) is 18.2 Å². The first-order chi connectivity index (χ1) is 11.8. The van der Waals surface area contributed by atoms with Crippen molar-refractivity contribution < 1.29 is 14.6 Å². The van der Waals surface area contributed by atoms with Gasteiger partial charge in [-0.3, -0.25) is 5.43 Å². The van der Waals surface area contributed by atoms with Gasteiger partial charge in [0.25, 0.3) is 0 Å². The van der Waals surface area contributed by atoms with E-state index < -0.39 is 0 Å². The smallest absolute Gasteiger partial charge is 0.166 e. The zero-order chi connectivity index (χ0) is 16.8. The number of phenols is 1. The number of nitrogens with one attached hydrogen (secondary N) is 1. The van der Waals surface area contributed by atoms with Crippen molar-refractivity contribution in [2.24, 2.45) is 5.10 Å². The van der Waals surface area contributed by atoms with Gasteiger partial charge in [-0.2, -0.15) is 5.10 Å². The summed E-state index contributed by atoms with van der Waals surface area (Å²) in [7, 11) is 1.50. The molecule has 8 heteroatoms. The van der Waals surface area contributed by atoms with Crippen molar-refractivity contribution in [3.05, 3.63) is 36.2 Å². The number of phenolic OH excluding ortho intramolecular Hbond substituents is 1. The third-order valence-corrected chi connectivity index (χ3v) is 3.62. The van der Waals surface area contributed by atoms with Gasteiger partial charge in [0.15, 0.2) is 17.3 Å². The number of hydrazone groups is 1. The molecule has 2 N–H and O–H groups in total. The fourth-order valence-electron chi connectivity index (χ4n) is 2.35. The van der Waals surface area contributed by atoms with Crippen LogP contribution in [0.15, 0.2) is 35.7 Å². The van der Waals surface area contributed by atoms with E-state index >= 15 is 0 Å². The maximum atomic E-state index is 10.0. The Hall–Kier alpha value is -2.87. The molecule has 1 aliphatic rings. The van der Waals surface area contributed by atoms with Gasteiger partial charge in [0.05, 0.1) is 26.5 Å². The Morgan fingerprint density at radius 1 is 1.33 bits per heavy atom. The Balaban J connectivity index is 1.68. The molecule has 1 saturated heterocycles. The molecule has 1 aromatic heterocycles. The van der Waals surface area contributed by atoms with Crippen LogP contribution < -0.4 is 15.1 Å². The predicted octanol–water partition coefficient (Wildman–Crippen LogP) is 1.47. The van der Waals surface area contributed by atoms with Crippen molar-refractivity contribution in [1.82, 2.24) is 9.97 Å². The number of benzene rings is 1. The molecule has 0 amide bonds. The molecular formula is C16H19N5O3. The zero-order valence-electron chi connectivity index (χ0n) is 13.3. The van der Waals surface area contributed by atoms with Gasteiger partial charge in [-0.15, -0.1) is 0 Å². The highest BCUT2D eigenvalue weighted by atomic mass is 16.5. The van der Waals surface area contributed by atoms with Crippen molar-refractivity contribution in [2.45, 2.75) is 0 Å². The van der Waals surface area contributed by atoms with Crippen LogP contribution in [0.3, 0.4) is 0 Å². The summed E-state index contributed by atoms with van der Waals surface area (Å²) in [6.07, 6.45) is 3.00. The number of anilines is 2. The predicted molar refractivity (Wildman–Crippen MR) is 90.9 cm³/mol. The Morgan fingerprint density at radius 3 is 2.96 bits per heavy atom. The van der Waals surface area contributed by atoms with Crippen molar-refractivity contribution in [2.75, 3.05) is 43.7 Å². The molecule has 8 nitrogen and oxygen atoms in total. The van der Waals surface area contributed by atoms with E-state index in [0.717, 1.165) is 18.9 Å². The van der Waals surface area contributed by atoms with Crippen LogP contribution in [0, 0.1) is 0 Å². The van der Waals surface area contributed by atoms with Gasteiger partial charge in [-0.1, -0.05) is 6.07 Å². The molecule has 126 valence electrons. The number of aromatic hydroxyl groups is 1. The molecule has 3 rings (SSSR count). The van der Waals surface area contributed by atoms with E-state index in [0.29, 0.717) is 30.3 Å². The van der Waals surface area contributed by atoms with E-state index in [-0.39, 0.29) is 5.75 Å². The van der Waals surface area contributed by atoms with Crippen LogP contribution in [0.25, 0.3) is 0 Å². The normalized spacial score (nSPS) is 14.8. The first-order valence-electron chi connectivity index (χ1n) is 7.57. The van der Waals surface area contributed by atoms with Gasteiger partial charge in [0.2, 0.25) is 0 Å². The summed E-state index contributed by atoms with van der Waals surface area (Å²) in [6.45, 7) is 2.99. The molecule has 1 aliphatic heterocycles. The third-order valence-electron chi connectivity index (χ3n) is 3.62. The lowest BCUT2D eigenvalue weighted by atomic mass is 10.2. The van der Waals surface area contributed by atoms with Gasteiger partial charge >= 0.3 is 0 Å². The largest absolute Gasteiger partial charge is 0.504 e. The summed E-state index contributed by atoms with van der Waals surface area (Å²) >= 11 is 0. The van der Waals surface area contributed by atoms with E-state index in [1.165, 1.54) is 19.7 Å². The minimum atomic E-state index is 0.0437. The number of hydrogen-bond acceptors (Lipinski definition) is 8. The minimum Gasteiger partial charge on any atom is -0.504 e. The summed E-state index contributed by atoms with van der Waals surface area (Å²) in [4.78, 5) is 10.6. The van der Waals surface area contributed by atoms with E-state index in [9.17, 15) is 5.11 Å². The number of nitrogens with zero attached hydrogens (tertiary/aromatic N) is 4. The number of hydrogen-bond donors (Lipinski definition) is 2. The second-order valence-electron chi connectivity index (χ2n) is 5.13. The second kappa shape index (κ2) is 7.60. The van der Waals surface area contributed by atoms with Crippen LogP contribution in [0.5, 0.6) is 11.5 Å². The molecule has 1 aromatic carbocycles. The lowest BCUT2D eigenvalue weighted by Crippen LogP contribution is -2.36. The quantitative estimate of drug-likeness (QED) is 0.634. The zero-order valence-corrected chi connectivity index (χ0v) is 13.3. The highest BCUT2D eigenvalue weighted by Gasteiger charge is 2.12. The van der Waals surface area contributed by atoms with Gasteiger partial charge in [0.1, 0.15) is 12.1 Å². The van der Waals surface area contributed by atoms with Gasteiger partial charge < -0.3 is 19.5 Å². The average Bonchev–Trinajstić information content (AvgIpc) is 2.64. The van der Waals surface area contributed by atoms with Crippen molar-refractivity contribution >= 4 is 17.9 Å². The molecule has 0 aliphatic carbocycles. The summed E-state index contributed by atoms with van der Waals surface area (Å²) in [5.74, 6) is 1.85. The highest BCUT2D eigenvalue weighted by molar-refractivity contribution is 5.85. The van der Waals surface area contributed by atoms with Crippen LogP contribution in [-0.4, -0.2) is 54.7 Å². The number of para-hydroxylation sites is 1. The fraction of sp³-hybridized carbons (Fsp3) is 0.312. The van der Waals surface area contributed by atoms with Crippen LogP contribution >= 0.6 is 0 Å². The molecule has 0 atom stereocenters. The standard InChI is InChI=1S/C16H19N5O3/c1-23-13-4-2-3-12(16(13)22)10-19-20-14-9-15(18-11-17-14)21-5-7-24-8-6-21/h2-4,9-11,22H,5-8H2,1H3,(H,17,18,20)/b19-10-. The van der Waals surface area contributed by atoms with Crippen LogP contribution in [0.1, 0.15) is 5.56 Å². The Kier molecular flexibility index (Phi) is 5.07.